The van der Waals surface area contributed by atoms with E-state index in [-0.39, 0.29) is 11.5 Å². The van der Waals surface area contributed by atoms with Crippen LogP contribution in [0.15, 0.2) is 42.6 Å². The predicted molar refractivity (Wildman–Crippen MR) is 109 cm³/mol. The Kier molecular flexibility index (Phi) is 5.69. The molecule has 1 aliphatic heterocycles. The molecule has 0 saturated carbocycles. The van der Waals surface area contributed by atoms with Crippen molar-refractivity contribution in [3.05, 3.63) is 53.7 Å². The van der Waals surface area contributed by atoms with Crippen LogP contribution in [0.1, 0.15) is 44.7 Å². The zero-order chi connectivity index (χ0) is 20.3. The molecule has 5 heteroatoms. The Morgan fingerprint density at radius 3 is 2.79 bits per heavy atom. The molecule has 2 heterocycles. The Hall–Kier alpha value is -2.87. The number of carbonyl (C=O) groups is 1. The van der Waals surface area contributed by atoms with E-state index in [1.165, 1.54) is 5.56 Å². The van der Waals surface area contributed by atoms with Crippen LogP contribution < -0.4 is 0 Å². The number of rotatable bonds is 3. The number of amides is 1. The van der Waals surface area contributed by atoms with Gasteiger partial charge in [0.05, 0.1) is 17.3 Å². The van der Waals surface area contributed by atoms with Crippen LogP contribution >= 0.6 is 0 Å². The third kappa shape index (κ3) is 4.51. The van der Waals surface area contributed by atoms with E-state index in [1.807, 2.05) is 12.1 Å². The van der Waals surface area contributed by atoms with Gasteiger partial charge in [-0.05, 0) is 54.4 Å². The zero-order valence-electron chi connectivity index (χ0n) is 16.7. The summed E-state index contributed by atoms with van der Waals surface area (Å²) in [5.41, 5.74) is 3.55. The standard InChI is InChI=1S/C23H27N3O2/c1-23(2,3)21-14-17(8-10-26(21)22(27)28)11-16-5-4-6-19(12-16)20-13-18(15-24)7-9-25-20/h4-7,9,12-13,17,21H,8,10-11,14H2,1-3H3,(H,27,28). The molecular formula is C23H27N3O2. The lowest BCUT2D eigenvalue weighted by atomic mass is 9.75. The molecule has 1 saturated heterocycles. The number of hydrogen-bond donors (Lipinski definition) is 1. The molecule has 2 aromatic rings. The van der Waals surface area contributed by atoms with Crippen molar-refractivity contribution in [1.29, 1.82) is 5.26 Å². The first-order valence-corrected chi connectivity index (χ1v) is 9.73. The van der Waals surface area contributed by atoms with Gasteiger partial charge < -0.3 is 10.0 Å². The van der Waals surface area contributed by atoms with Gasteiger partial charge in [-0.3, -0.25) is 4.98 Å². The average molecular weight is 377 g/mol. The molecule has 1 aromatic carbocycles. The van der Waals surface area contributed by atoms with Crippen molar-refractivity contribution < 1.29 is 9.90 Å². The summed E-state index contributed by atoms with van der Waals surface area (Å²) in [7, 11) is 0. The van der Waals surface area contributed by atoms with Gasteiger partial charge in [-0.1, -0.05) is 39.0 Å². The van der Waals surface area contributed by atoms with Crippen LogP contribution in [-0.4, -0.2) is 33.7 Å². The number of carboxylic acid groups (broad SMARTS) is 1. The van der Waals surface area contributed by atoms with Gasteiger partial charge in [0, 0.05) is 24.3 Å². The van der Waals surface area contributed by atoms with Crippen LogP contribution in [-0.2, 0) is 6.42 Å². The number of likely N-dealkylation sites (tertiary alicyclic amines) is 1. The number of aromatic nitrogens is 1. The SMILES string of the molecule is CC(C)(C)C1CC(Cc2cccc(-c3cc(C#N)ccn3)c2)CCN1C(=O)O. The molecule has 0 spiro atoms. The maximum Gasteiger partial charge on any atom is 0.407 e. The normalized spacial score (nSPS) is 19.9. The van der Waals surface area contributed by atoms with Gasteiger partial charge in [0.25, 0.3) is 0 Å². The Morgan fingerprint density at radius 2 is 2.11 bits per heavy atom. The van der Waals surface area contributed by atoms with Gasteiger partial charge in [-0.15, -0.1) is 0 Å². The van der Waals surface area contributed by atoms with Crippen LogP contribution in [0.3, 0.4) is 0 Å². The third-order valence-electron chi connectivity index (χ3n) is 5.59. The van der Waals surface area contributed by atoms with Gasteiger partial charge in [0.2, 0.25) is 0 Å². The smallest absolute Gasteiger partial charge is 0.407 e. The van der Waals surface area contributed by atoms with Gasteiger partial charge in [0.1, 0.15) is 0 Å². The Morgan fingerprint density at radius 1 is 1.32 bits per heavy atom. The topological polar surface area (TPSA) is 77.2 Å². The highest BCUT2D eigenvalue weighted by atomic mass is 16.4. The molecule has 2 atom stereocenters. The van der Waals surface area contributed by atoms with Crippen LogP contribution in [0.25, 0.3) is 11.3 Å². The van der Waals surface area contributed by atoms with Gasteiger partial charge in [-0.2, -0.15) is 5.26 Å². The minimum atomic E-state index is -0.816. The first-order valence-electron chi connectivity index (χ1n) is 9.73. The fraction of sp³-hybridized carbons (Fsp3) is 0.435. The van der Waals surface area contributed by atoms with E-state index in [4.69, 9.17) is 5.26 Å². The van der Waals surface area contributed by atoms with E-state index in [0.29, 0.717) is 18.0 Å². The lowest BCUT2D eigenvalue weighted by Gasteiger charge is -2.44. The largest absolute Gasteiger partial charge is 0.465 e. The summed E-state index contributed by atoms with van der Waals surface area (Å²) in [6.45, 7) is 6.94. The lowest BCUT2D eigenvalue weighted by molar-refractivity contribution is 0.0407. The second kappa shape index (κ2) is 8.02. The van der Waals surface area contributed by atoms with E-state index in [0.717, 1.165) is 30.5 Å². The molecular weight excluding hydrogens is 350 g/mol. The molecule has 3 rings (SSSR count). The van der Waals surface area contributed by atoms with Crippen LogP contribution in [0.2, 0.25) is 0 Å². The molecule has 1 aromatic heterocycles. The van der Waals surface area contributed by atoms with Crippen molar-refractivity contribution in [2.45, 2.75) is 46.1 Å². The minimum Gasteiger partial charge on any atom is -0.465 e. The highest BCUT2D eigenvalue weighted by Gasteiger charge is 2.38. The molecule has 146 valence electrons. The van der Waals surface area contributed by atoms with Crippen molar-refractivity contribution in [2.24, 2.45) is 11.3 Å². The van der Waals surface area contributed by atoms with E-state index in [1.54, 1.807) is 23.2 Å². The fourth-order valence-electron chi connectivity index (χ4n) is 4.12. The van der Waals surface area contributed by atoms with Crippen molar-refractivity contribution in [2.75, 3.05) is 6.54 Å². The Balaban J connectivity index is 1.77. The highest BCUT2D eigenvalue weighted by molar-refractivity contribution is 5.65. The maximum atomic E-state index is 11.6. The molecule has 1 fully saturated rings. The van der Waals surface area contributed by atoms with Gasteiger partial charge in [0.15, 0.2) is 0 Å². The quantitative estimate of drug-likeness (QED) is 0.819. The summed E-state index contributed by atoms with van der Waals surface area (Å²) in [6, 6.07) is 14.0. The van der Waals surface area contributed by atoms with Crippen molar-refractivity contribution >= 4 is 6.09 Å². The average Bonchev–Trinajstić information content (AvgIpc) is 2.67. The summed E-state index contributed by atoms with van der Waals surface area (Å²) in [6.07, 6.45) is 3.53. The number of nitrogens with zero attached hydrogens (tertiary/aromatic N) is 3. The summed E-state index contributed by atoms with van der Waals surface area (Å²) < 4.78 is 0. The molecule has 1 amide bonds. The number of pyridine rings is 1. The summed E-state index contributed by atoms with van der Waals surface area (Å²) in [5.74, 6) is 0.452. The first-order chi connectivity index (χ1) is 13.3. The molecule has 2 unspecified atom stereocenters. The molecule has 5 nitrogen and oxygen atoms in total. The summed E-state index contributed by atoms with van der Waals surface area (Å²) >= 11 is 0. The molecule has 0 aliphatic carbocycles. The predicted octanol–water partition coefficient (Wildman–Crippen LogP) is 4.97. The molecule has 0 radical (unpaired) electrons. The summed E-state index contributed by atoms with van der Waals surface area (Å²) in [4.78, 5) is 17.6. The highest BCUT2D eigenvalue weighted by Crippen LogP contribution is 2.36. The summed E-state index contributed by atoms with van der Waals surface area (Å²) in [5, 5.41) is 18.7. The number of piperidine rings is 1. The molecule has 28 heavy (non-hydrogen) atoms. The lowest BCUT2D eigenvalue weighted by Crippen LogP contribution is -2.51. The van der Waals surface area contributed by atoms with Crippen molar-refractivity contribution in [1.82, 2.24) is 9.88 Å². The molecule has 1 N–H and O–H groups in total. The monoisotopic (exact) mass is 377 g/mol. The Labute approximate surface area is 166 Å². The molecule has 0 bridgehead atoms. The zero-order valence-corrected chi connectivity index (χ0v) is 16.7. The minimum absolute atomic E-state index is 0.0286. The van der Waals surface area contributed by atoms with E-state index >= 15 is 0 Å². The van der Waals surface area contributed by atoms with Crippen LogP contribution in [0, 0.1) is 22.7 Å². The second-order valence-corrected chi connectivity index (χ2v) is 8.69. The van der Waals surface area contributed by atoms with E-state index in [2.05, 4.69) is 44.0 Å². The number of nitriles is 1. The van der Waals surface area contributed by atoms with Crippen molar-refractivity contribution in [3.63, 3.8) is 0 Å². The third-order valence-corrected chi connectivity index (χ3v) is 5.59. The van der Waals surface area contributed by atoms with Crippen LogP contribution in [0.4, 0.5) is 4.79 Å². The first kappa shape index (κ1) is 19.9. The van der Waals surface area contributed by atoms with Crippen LogP contribution in [0.5, 0.6) is 0 Å². The van der Waals surface area contributed by atoms with E-state index < -0.39 is 6.09 Å². The fourth-order valence-corrected chi connectivity index (χ4v) is 4.12. The van der Waals surface area contributed by atoms with Gasteiger partial charge in [-0.25, -0.2) is 4.79 Å². The number of hydrogen-bond acceptors (Lipinski definition) is 3. The van der Waals surface area contributed by atoms with E-state index in [9.17, 15) is 9.90 Å². The molecule has 1 aliphatic rings. The second-order valence-electron chi connectivity index (χ2n) is 8.69. The number of benzene rings is 1. The van der Waals surface area contributed by atoms with Gasteiger partial charge >= 0.3 is 6.09 Å². The Bertz CT molecular complexity index is 895. The van der Waals surface area contributed by atoms with Crippen molar-refractivity contribution in [3.8, 4) is 17.3 Å². The maximum absolute atomic E-state index is 11.6.